The highest BCUT2D eigenvalue weighted by molar-refractivity contribution is 5.72. The summed E-state index contributed by atoms with van der Waals surface area (Å²) in [6.07, 6.45) is 1.17. The number of carbonyl (C=O) groups excluding carboxylic acids is 2. The number of hydrogen-bond acceptors (Lipinski definition) is 5. The molecule has 21 heavy (non-hydrogen) atoms. The molecular formula is C14H27N3O4. The van der Waals surface area contributed by atoms with Crippen LogP contribution in [0.3, 0.4) is 0 Å². The van der Waals surface area contributed by atoms with Crippen molar-refractivity contribution < 1.29 is 19.4 Å². The van der Waals surface area contributed by atoms with E-state index in [1.807, 2.05) is 0 Å². The molecule has 0 aromatic rings. The highest BCUT2D eigenvalue weighted by Crippen LogP contribution is 2.19. The summed E-state index contributed by atoms with van der Waals surface area (Å²) in [5, 5.41) is 14.8. The second-order valence-electron chi connectivity index (χ2n) is 5.42. The zero-order valence-corrected chi connectivity index (χ0v) is 12.9. The number of likely N-dealkylation sites (tertiary alicyclic amines) is 1. The van der Waals surface area contributed by atoms with Crippen molar-refractivity contribution in [1.82, 2.24) is 15.5 Å². The summed E-state index contributed by atoms with van der Waals surface area (Å²) < 4.78 is 4.91. The van der Waals surface area contributed by atoms with Gasteiger partial charge in [-0.25, -0.2) is 4.79 Å². The number of nitrogens with one attached hydrogen (secondary N) is 2. The molecule has 1 aliphatic rings. The second kappa shape index (κ2) is 9.57. The van der Waals surface area contributed by atoms with Crippen molar-refractivity contribution >= 4 is 12.0 Å². The lowest BCUT2D eigenvalue weighted by Crippen LogP contribution is -2.52. The van der Waals surface area contributed by atoms with E-state index in [0.717, 1.165) is 32.5 Å². The van der Waals surface area contributed by atoms with Gasteiger partial charge in [0.15, 0.2) is 0 Å². The topological polar surface area (TPSA) is 90.9 Å². The number of piperidine rings is 1. The van der Waals surface area contributed by atoms with Crippen LogP contribution in [0.1, 0.15) is 26.7 Å². The van der Waals surface area contributed by atoms with Gasteiger partial charge in [0, 0.05) is 45.8 Å². The third kappa shape index (κ3) is 7.29. The van der Waals surface area contributed by atoms with Gasteiger partial charge < -0.3 is 20.5 Å². The number of alkyl carbamates (subject to hydrolysis) is 1. The van der Waals surface area contributed by atoms with Gasteiger partial charge in [-0.1, -0.05) is 0 Å². The SMILES string of the molecule is CCOC(=O)NC1CC(CCO)CN(CCNC(C)=O)C1. The largest absolute Gasteiger partial charge is 0.450 e. The first-order valence-corrected chi connectivity index (χ1v) is 7.56. The van der Waals surface area contributed by atoms with E-state index in [9.17, 15) is 9.59 Å². The monoisotopic (exact) mass is 301 g/mol. The standard InChI is InChI=1S/C14H27N3O4/c1-3-21-14(20)16-13-8-12(4-7-18)9-17(10-13)6-5-15-11(2)19/h12-13,18H,3-10H2,1-2H3,(H,15,19)(H,16,20). The van der Waals surface area contributed by atoms with Gasteiger partial charge in [0.2, 0.25) is 5.91 Å². The number of carbonyl (C=O) groups is 2. The number of hydrogen-bond donors (Lipinski definition) is 3. The summed E-state index contributed by atoms with van der Waals surface area (Å²) >= 11 is 0. The molecule has 0 saturated carbocycles. The third-order valence-electron chi connectivity index (χ3n) is 3.55. The fourth-order valence-corrected chi connectivity index (χ4v) is 2.71. The molecule has 1 fully saturated rings. The molecule has 7 heteroatoms. The third-order valence-corrected chi connectivity index (χ3v) is 3.55. The van der Waals surface area contributed by atoms with E-state index in [1.54, 1.807) is 6.92 Å². The van der Waals surface area contributed by atoms with E-state index in [4.69, 9.17) is 9.84 Å². The van der Waals surface area contributed by atoms with Crippen LogP contribution in [0.5, 0.6) is 0 Å². The number of ether oxygens (including phenoxy) is 1. The van der Waals surface area contributed by atoms with Gasteiger partial charge in [-0.2, -0.15) is 0 Å². The second-order valence-corrected chi connectivity index (χ2v) is 5.42. The Morgan fingerprint density at radius 3 is 2.76 bits per heavy atom. The fourth-order valence-electron chi connectivity index (χ4n) is 2.71. The Kier molecular flexibility index (Phi) is 8.07. The van der Waals surface area contributed by atoms with Gasteiger partial charge in [0.05, 0.1) is 6.61 Å². The van der Waals surface area contributed by atoms with E-state index in [2.05, 4.69) is 15.5 Å². The maximum atomic E-state index is 11.5. The van der Waals surface area contributed by atoms with Gasteiger partial charge in [0.25, 0.3) is 0 Å². The van der Waals surface area contributed by atoms with Crippen molar-refractivity contribution in [3.63, 3.8) is 0 Å². The van der Waals surface area contributed by atoms with Crippen LogP contribution in [0.15, 0.2) is 0 Å². The smallest absolute Gasteiger partial charge is 0.407 e. The molecule has 3 N–H and O–H groups in total. The van der Waals surface area contributed by atoms with Gasteiger partial charge >= 0.3 is 6.09 Å². The normalized spacial score (nSPS) is 22.6. The summed E-state index contributed by atoms with van der Waals surface area (Å²) in [4.78, 5) is 24.6. The lowest BCUT2D eigenvalue weighted by molar-refractivity contribution is -0.119. The number of aliphatic hydroxyl groups is 1. The number of nitrogens with zero attached hydrogens (tertiary/aromatic N) is 1. The molecule has 1 saturated heterocycles. The van der Waals surface area contributed by atoms with E-state index >= 15 is 0 Å². The Balaban J connectivity index is 2.46. The van der Waals surface area contributed by atoms with Crippen LogP contribution in [0, 0.1) is 5.92 Å². The minimum atomic E-state index is -0.394. The Bertz CT molecular complexity index is 338. The predicted octanol–water partition coefficient (Wildman–Crippen LogP) is -0.0585. The van der Waals surface area contributed by atoms with Crippen LogP contribution in [0.25, 0.3) is 0 Å². The highest BCUT2D eigenvalue weighted by Gasteiger charge is 2.28. The number of rotatable bonds is 7. The van der Waals surface area contributed by atoms with Gasteiger partial charge in [-0.15, -0.1) is 0 Å². The minimum Gasteiger partial charge on any atom is -0.450 e. The van der Waals surface area contributed by atoms with Crippen molar-refractivity contribution in [2.24, 2.45) is 5.92 Å². The molecule has 1 heterocycles. The Hall–Kier alpha value is -1.34. The molecule has 1 aliphatic heterocycles. The summed E-state index contributed by atoms with van der Waals surface area (Å²) in [6, 6.07) is 0.0201. The zero-order valence-electron chi connectivity index (χ0n) is 12.9. The fraction of sp³-hybridized carbons (Fsp3) is 0.857. The Morgan fingerprint density at radius 2 is 2.14 bits per heavy atom. The average molecular weight is 301 g/mol. The Labute approximate surface area is 126 Å². The first kappa shape index (κ1) is 17.7. The number of aliphatic hydroxyl groups excluding tert-OH is 1. The quantitative estimate of drug-likeness (QED) is 0.613. The van der Waals surface area contributed by atoms with E-state index in [1.165, 1.54) is 6.92 Å². The lowest BCUT2D eigenvalue weighted by atomic mass is 9.92. The first-order chi connectivity index (χ1) is 10.0. The van der Waals surface area contributed by atoms with Crippen molar-refractivity contribution in [3.05, 3.63) is 0 Å². The molecule has 0 bridgehead atoms. The summed E-state index contributed by atoms with van der Waals surface area (Å²) in [6.45, 7) is 6.71. The lowest BCUT2D eigenvalue weighted by Gasteiger charge is -2.37. The van der Waals surface area contributed by atoms with E-state index < -0.39 is 6.09 Å². The van der Waals surface area contributed by atoms with Crippen LogP contribution in [-0.4, -0.2) is 67.4 Å². The van der Waals surface area contributed by atoms with Crippen LogP contribution in [0.2, 0.25) is 0 Å². The molecule has 2 amide bonds. The van der Waals surface area contributed by atoms with E-state index in [0.29, 0.717) is 19.1 Å². The molecule has 0 aromatic heterocycles. The maximum Gasteiger partial charge on any atom is 0.407 e. The maximum absolute atomic E-state index is 11.5. The molecule has 2 atom stereocenters. The Morgan fingerprint density at radius 1 is 1.38 bits per heavy atom. The molecule has 0 aliphatic carbocycles. The van der Waals surface area contributed by atoms with Crippen LogP contribution < -0.4 is 10.6 Å². The highest BCUT2D eigenvalue weighted by atomic mass is 16.5. The molecule has 7 nitrogen and oxygen atoms in total. The van der Waals surface area contributed by atoms with Crippen LogP contribution in [-0.2, 0) is 9.53 Å². The van der Waals surface area contributed by atoms with Crippen molar-refractivity contribution in [1.29, 1.82) is 0 Å². The number of amides is 2. The predicted molar refractivity (Wildman–Crippen MR) is 78.9 cm³/mol. The van der Waals surface area contributed by atoms with E-state index in [-0.39, 0.29) is 18.6 Å². The zero-order chi connectivity index (χ0) is 15.7. The van der Waals surface area contributed by atoms with Crippen molar-refractivity contribution in [3.8, 4) is 0 Å². The summed E-state index contributed by atoms with van der Waals surface area (Å²) in [5.41, 5.74) is 0. The molecule has 0 radical (unpaired) electrons. The summed E-state index contributed by atoms with van der Waals surface area (Å²) in [7, 11) is 0. The molecule has 0 aromatic carbocycles. The van der Waals surface area contributed by atoms with Crippen LogP contribution in [0.4, 0.5) is 4.79 Å². The molecule has 1 rings (SSSR count). The molecular weight excluding hydrogens is 274 g/mol. The molecule has 0 spiro atoms. The van der Waals surface area contributed by atoms with Crippen LogP contribution >= 0.6 is 0 Å². The minimum absolute atomic E-state index is 0.0201. The van der Waals surface area contributed by atoms with Gasteiger partial charge in [-0.05, 0) is 25.7 Å². The van der Waals surface area contributed by atoms with Gasteiger partial charge in [0.1, 0.15) is 0 Å². The van der Waals surface area contributed by atoms with Gasteiger partial charge in [-0.3, -0.25) is 9.69 Å². The molecule has 122 valence electrons. The average Bonchev–Trinajstić information content (AvgIpc) is 2.38. The summed E-state index contributed by atoms with van der Waals surface area (Å²) in [5.74, 6) is 0.299. The van der Waals surface area contributed by atoms with Crippen molar-refractivity contribution in [2.45, 2.75) is 32.7 Å². The first-order valence-electron chi connectivity index (χ1n) is 7.56. The molecule has 2 unspecified atom stereocenters. The van der Waals surface area contributed by atoms with Crippen molar-refractivity contribution in [2.75, 3.05) is 39.4 Å².